The Kier molecular flexibility index (Phi) is 19.6. The van der Waals surface area contributed by atoms with Crippen molar-refractivity contribution in [2.75, 3.05) is 14.7 Å². The average Bonchev–Trinajstić information content (AvgIpc) is 1.52. The van der Waals surface area contributed by atoms with Gasteiger partial charge in [-0.2, -0.15) is 26.2 Å². The third-order valence-corrected chi connectivity index (χ3v) is 22.3. The molecule has 114 heavy (non-hydrogen) atoms. The summed E-state index contributed by atoms with van der Waals surface area (Å²) >= 11 is 3.75. The number of hydrogen-bond acceptors (Lipinski definition) is 12. The van der Waals surface area contributed by atoms with E-state index in [1.807, 2.05) is 0 Å². The summed E-state index contributed by atoms with van der Waals surface area (Å²) in [5.74, 6) is 0. The van der Waals surface area contributed by atoms with E-state index in [0.29, 0.717) is 0 Å². The van der Waals surface area contributed by atoms with Crippen molar-refractivity contribution in [2.24, 2.45) is 0 Å². The van der Waals surface area contributed by atoms with Gasteiger partial charge in [0.1, 0.15) is 33.1 Å². The van der Waals surface area contributed by atoms with Gasteiger partial charge in [-0.1, -0.05) is 291 Å². The quantitative estimate of drug-likeness (QED) is 0.0653. The minimum Gasteiger partial charge on any atom is -0.311 e. The fourth-order valence-corrected chi connectivity index (χ4v) is 16.8. The lowest BCUT2D eigenvalue weighted by Crippen LogP contribution is -2.09. The molecule has 3 heterocycles. The van der Waals surface area contributed by atoms with Gasteiger partial charge in [0.15, 0.2) is 0 Å². The fraction of sp³-hybridized carbons (Fsp3) is 0. The summed E-state index contributed by atoms with van der Waals surface area (Å²) in [5.41, 5.74) is 34.3. The van der Waals surface area contributed by atoms with Crippen LogP contribution >= 0.6 is 35.2 Å². The van der Waals surface area contributed by atoms with Gasteiger partial charge in [-0.05, 0) is 194 Å². The van der Waals surface area contributed by atoms with Crippen LogP contribution < -0.4 is 14.7 Å². The summed E-state index contributed by atoms with van der Waals surface area (Å²) in [5, 5.41) is 0. The minimum absolute atomic E-state index is 0.890. The molecule has 0 saturated carbocycles. The molecule has 540 valence electrons. The SMILES string of the molecule is C(=C\c1cc(/C=C/c2ccc(-c3ccc(-c4ccc(N(c5ccccc5)c5ccccc5)cc4)c4nsnc34)cc2)cc(/C=C/c2ccc(-c3ccc(-c4ccc(N(c5ccccc5)c5ccccc5)cc4)c4nsnc34)cc2)c1)/c1ccc(-c2ccc(-c3ccc(N(c4ccccc4)c4ccccc4)cc3)c3nsnc23)cc1. The molecule has 0 spiro atoms. The Labute approximate surface area is 674 Å². The molecule has 0 aliphatic heterocycles. The van der Waals surface area contributed by atoms with Crippen LogP contribution in [0.1, 0.15) is 33.4 Å². The molecule has 12 heteroatoms. The first kappa shape index (κ1) is 70.0. The largest absolute Gasteiger partial charge is 0.311 e. The Morgan fingerprint density at radius 2 is 0.316 bits per heavy atom. The first-order valence-corrected chi connectivity index (χ1v) is 40.0. The van der Waals surface area contributed by atoms with Gasteiger partial charge in [0.05, 0.1) is 35.2 Å². The number of rotatable bonds is 21. The van der Waals surface area contributed by atoms with E-state index in [-0.39, 0.29) is 0 Å². The van der Waals surface area contributed by atoms with E-state index in [2.05, 4.69) is 433 Å². The second-order valence-corrected chi connectivity index (χ2v) is 29.4. The highest BCUT2D eigenvalue weighted by Crippen LogP contribution is 2.44. The Morgan fingerprint density at radius 1 is 0.158 bits per heavy atom. The highest BCUT2D eigenvalue weighted by Gasteiger charge is 2.21. The first-order valence-electron chi connectivity index (χ1n) is 37.8. The zero-order chi connectivity index (χ0) is 75.9. The molecular weight excluding hydrogens is 1450 g/mol. The molecule has 0 bridgehead atoms. The lowest BCUT2D eigenvalue weighted by atomic mass is 9.96. The minimum atomic E-state index is 0.890. The van der Waals surface area contributed by atoms with Gasteiger partial charge in [-0.3, -0.25) is 0 Å². The number of anilines is 9. The maximum atomic E-state index is 4.88. The van der Waals surface area contributed by atoms with Gasteiger partial charge in [0.2, 0.25) is 0 Å². The van der Waals surface area contributed by atoms with Crippen molar-refractivity contribution in [1.29, 1.82) is 0 Å². The third-order valence-electron chi connectivity index (χ3n) is 20.7. The number of aromatic nitrogens is 6. The lowest BCUT2D eigenvalue weighted by molar-refractivity contribution is 1.28. The van der Waals surface area contributed by atoms with Crippen LogP contribution in [0.15, 0.2) is 382 Å². The number of para-hydroxylation sites is 6. The summed E-state index contributed by atoms with van der Waals surface area (Å²) in [6.07, 6.45) is 13.2. The van der Waals surface area contributed by atoms with Gasteiger partial charge < -0.3 is 14.7 Å². The molecule has 0 aliphatic rings. The highest BCUT2D eigenvalue weighted by atomic mass is 32.1. The van der Waals surface area contributed by atoms with Gasteiger partial charge in [0.25, 0.3) is 0 Å². The summed E-state index contributed by atoms with van der Waals surface area (Å²) in [7, 11) is 0. The second-order valence-electron chi connectivity index (χ2n) is 27.8. The molecule has 0 saturated heterocycles. The molecule has 0 amide bonds. The molecule has 0 unspecified atom stereocenters. The molecule has 0 N–H and O–H groups in total. The van der Waals surface area contributed by atoms with Crippen LogP contribution in [0.3, 0.4) is 0 Å². The van der Waals surface area contributed by atoms with Crippen LogP contribution in [0.2, 0.25) is 0 Å². The number of benzene rings is 16. The van der Waals surface area contributed by atoms with E-state index < -0.39 is 0 Å². The molecule has 0 atom stereocenters. The number of hydrogen-bond donors (Lipinski definition) is 0. The van der Waals surface area contributed by atoms with Crippen LogP contribution in [0.25, 0.3) is 136 Å². The molecular formula is C102H69N9S3. The number of nitrogens with zero attached hydrogens (tertiary/aromatic N) is 9. The average molecular weight is 1520 g/mol. The lowest BCUT2D eigenvalue weighted by Gasteiger charge is -2.25. The zero-order valence-corrected chi connectivity index (χ0v) is 64.0. The van der Waals surface area contributed by atoms with Crippen molar-refractivity contribution in [3.63, 3.8) is 0 Å². The standard InChI is InChI=1S/C102H69N9S3/c1-7-19-82(20-8-1)109(83-21-9-2-10-22-83)88-55-49-79(50-56-88)94-64-61-91(97-100(94)106-112-103-97)76-43-37-70(38-44-76)31-34-73-67-74(35-32-71-39-45-77(46-40-71)92-62-65-95(101-98(92)104-113-107-101)80-51-57-89(58-52-80)110(84-23-11-3-12-24-84)85-25-13-4-14-26-85)69-75(68-73)36-33-72-41-47-78(48-42-72)93-63-66-96(102-99(93)105-114-108-102)81-53-59-90(60-54-81)111(86-27-15-5-16-28-86)87-29-17-6-18-30-87/h1-69H/b34-31+,35-32+,36-33+. The van der Waals surface area contributed by atoms with Crippen molar-refractivity contribution in [1.82, 2.24) is 26.2 Å². The van der Waals surface area contributed by atoms with Crippen LogP contribution in [-0.4, -0.2) is 26.2 Å². The maximum absolute atomic E-state index is 4.88. The van der Waals surface area contributed by atoms with E-state index >= 15 is 0 Å². The zero-order valence-electron chi connectivity index (χ0n) is 61.6. The van der Waals surface area contributed by atoms with E-state index in [1.165, 1.54) is 35.2 Å². The highest BCUT2D eigenvalue weighted by molar-refractivity contribution is 7.00. The third kappa shape index (κ3) is 14.6. The van der Waals surface area contributed by atoms with Crippen molar-refractivity contribution < 1.29 is 0 Å². The van der Waals surface area contributed by atoms with E-state index in [4.69, 9.17) is 26.2 Å². The van der Waals surface area contributed by atoms with Gasteiger partial charge in [0, 0.05) is 84.6 Å². The predicted molar refractivity (Wildman–Crippen MR) is 482 cm³/mol. The van der Waals surface area contributed by atoms with E-state index in [1.54, 1.807) is 0 Å². The Bertz CT molecular complexity index is 5880. The predicted octanol–water partition coefficient (Wildman–Crippen LogP) is 28.6. The Morgan fingerprint density at radius 3 is 0.500 bits per heavy atom. The topological polar surface area (TPSA) is 87.1 Å². The molecule has 0 aliphatic carbocycles. The molecule has 16 aromatic carbocycles. The van der Waals surface area contributed by atoms with Crippen molar-refractivity contribution in [2.45, 2.75) is 0 Å². The number of fused-ring (bicyclic) bond motifs is 3. The first-order chi connectivity index (χ1) is 56.5. The van der Waals surface area contributed by atoms with Crippen LogP contribution in [-0.2, 0) is 0 Å². The van der Waals surface area contributed by atoms with Crippen LogP contribution in [0.4, 0.5) is 51.2 Å². The maximum Gasteiger partial charge on any atom is 0.113 e. The fourth-order valence-electron chi connectivity index (χ4n) is 15.1. The smallest absolute Gasteiger partial charge is 0.113 e. The molecule has 19 aromatic rings. The summed E-state index contributed by atoms with van der Waals surface area (Å²) in [6.45, 7) is 0. The normalized spacial score (nSPS) is 11.6. The summed E-state index contributed by atoms with van der Waals surface area (Å²) in [6, 6.07) is 135. The van der Waals surface area contributed by atoms with Crippen molar-refractivity contribution in [3.05, 3.63) is 416 Å². The van der Waals surface area contributed by atoms with Gasteiger partial charge >= 0.3 is 0 Å². The summed E-state index contributed by atoms with van der Waals surface area (Å²) in [4.78, 5) is 6.83. The molecule has 0 radical (unpaired) electrons. The van der Waals surface area contributed by atoms with Gasteiger partial charge in [-0.25, -0.2) is 0 Å². The molecule has 0 fully saturated rings. The van der Waals surface area contributed by atoms with Crippen molar-refractivity contribution >= 4 is 156 Å². The summed E-state index contributed by atoms with van der Waals surface area (Å²) < 4.78 is 29.3. The van der Waals surface area contributed by atoms with Crippen LogP contribution in [0.5, 0.6) is 0 Å². The monoisotopic (exact) mass is 1520 g/mol. The van der Waals surface area contributed by atoms with Gasteiger partial charge in [-0.15, -0.1) is 0 Å². The van der Waals surface area contributed by atoms with E-state index in [9.17, 15) is 0 Å². The van der Waals surface area contributed by atoms with Crippen LogP contribution in [0, 0.1) is 0 Å². The molecule has 3 aromatic heterocycles. The molecule has 19 rings (SSSR count). The Hall–Kier alpha value is -14.4. The van der Waals surface area contributed by atoms with E-state index in [0.717, 1.165) is 184 Å². The van der Waals surface area contributed by atoms with Crippen molar-refractivity contribution in [3.8, 4) is 66.8 Å². The Balaban J connectivity index is 0.585. The second kappa shape index (κ2) is 31.9. The molecule has 9 nitrogen and oxygen atoms in total.